The van der Waals surface area contributed by atoms with Crippen LogP contribution in [0.2, 0.25) is 0 Å². The maximum atomic E-state index is 8.67. The van der Waals surface area contributed by atoms with Crippen LogP contribution >= 0.6 is 0 Å². The van der Waals surface area contributed by atoms with Gasteiger partial charge in [0.1, 0.15) is 12.4 Å². The van der Waals surface area contributed by atoms with Gasteiger partial charge in [-0.05, 0) is 62.7 Å². The normalized spacial score (nSPS) is 17.1. The van der Waals surface area contributed by atoms with Crippen LogP contribution in [0.5, 0.6) is 5.75 Å². The summed E-state index contributed by atoms with van der Waals surface area (Å²) in [5.41, 5.74) is 1.52. The highest BCUT2D eigenvalue weighted by atomic mass is 16.5. The van der Waals surface area contributed by atoms with Crippen LogP contribution < -0.4 is 4.74 Å². The second-order valence-corrected chi connectivity index (χ2v) is 4.61. The molecule has 0 unspecified atom stereocenters. The first kappa shape index (κ1) is 12.9. The predicted molar refractivity (Wildman–Crippen MR) is 71.6 cm³/mol. The zero-order valence-electron chi connectivity index (χ0n) is 10.8. The molecule has 18 heavy (non-hydrogen) atoms. The van der Waals surface area contributed by atoms with E-state index in [9.17, 15) is 0 Å². The van der Waals surface area contributed by atoms with Crippen LogP contribution in [0.4, 0.5) is 0 Å². The second kappa shape index (κ2) is 6.40. The van der Waals surface area contributed by atoms with Crippen molar-refractivity contribution in [1.29, 1.82) is 0 Å². The molecular formula is C14H20N2O2. The summed E-state index contributed by atoms with van der Waals surface area (Å²) in [6.07, 6.45) is 2.63. The maximum Gasteiger partial charge on any atom is 0.119 e. The van der Waals surface area contributed by atoms with Crippen molar-refractivity contribution in [3.05, 3.63) is 29.8 Å². The van der Waals surface area contributed by atoms with Gasteiger partial charge in [0.15, 0.2) is 0 Å². The quantitative estimate of drug-likeness (QED) is 0.494. The lowest BCUT2D eigenvalue weighted by Crippen LogP contribution is -2.25. The Morgan fingerprint density at radius 2 is 1.94 bits per heavy atom. The number of benzene rings is 1. The molecule has 0 atom stereocenters. The topological polar surface area (TPSA) is 45.1 Å². The van der Waals surface area contributed by atoms with Gasteiger partial charge >= 0.3 is 0 Å². The van der Waals surface area contributed by atoms with Crippen molar-refractivity contribution >= 4 is 5.71 Å². The lowest BCUT2D eigenvalue weighted by Gasteiger charge is -2.14. The molecule has 0 saturated carbocycles. The summed E-state index contributed by atoms with van der Waals surface area (Å²) < 4.78 is 5.69. The molecule has 4 heteroatoms. The van der Waals surface area contributed by atoms with E-state index in [0.717, 1.165) is 24.5 Å². The van der Waals surface area contributed by atoms with E-state index in [0.29, 0.717) is 5.71 Å². The van der Waals surface area contributed by atoms with E-state index in [4.69, 9.17) is 9.94 Å². The fraction of sp³-hybridized carbons (Fsp3) is 0.500. The van der Waals surface area contributed by atoms with Crippen molar-refractivity contribution in [3.63, 3.8) is 0 Å². The van der Waals surface area contributed by atoms with Crippen LogP contribution in [0.25, 0.3) is 0 Å². The van der Waals surface area contributed by atoms with Crippen LogP contribution in [0.1, 0.15) is 25.3 Å². The smallest absolute Gasteiger partial charge is 0.119 e. The minimum atomic E-state index is 0.610. The molecule has 1 heterocycles. The van der Waals surface area contributed by atoms with Gasteiger partial charge in [-0.1, -0.05) is 5.16 Å². The minimum absolute atomic E-state index is 0.610. The summed E-state index contributed by atoms with van der Waals surface area (Å²) in [5.74, 6) is 0.865. The van der Waals surface area contributed by atoms with E-state index in [1.165, 1.54) is 25.9 Å². The third-order valence-corrected chi connectivity index (χ3v) is 3.30. The molecule has 1 aromatic rings. The van der Waals surface area contributed by atoms with E-state index in [1.807, 2.05) is 24.3 Å². The van der Waals surface area contributed by atoms with Crippen LogP contribution in [0.15, 0.2) is 29.4 Å². The van der Waals surface area contributed by atoms with E-state index in [1.54, 1.807) is 6.92 Å². The van der Waals surface area contributed by atoms with Crippen molar-refractivity contribution in [2.75, 3.05) is 26.2 Å². The summed E-state index contributed by atoms with van der Waals surface area (Å²) in [4.78, 5) is 2.43. The zero-order valence-corrected chi connectivity index (χ0v) is 10.8. The molecule has 0 amide bonds. The highest BCUT2D eigenvalue weighted by Gasteiger charge is 2.10. The Hall–Kier alpha value is -1.55. The molecule has 0 spiro atoms. The van der Waals surface area contributed by atoms with Gasteiger partial charge in [-0.2, -0.15) is 0 Å². The Bertz CT molecular complexity index is 395. The van der Waals surface area contributed by atoms with Gasteiger partial charge < -0.3 is 9.94 Å². The highest BCUT2D eigenvalue weighted by molar-refractivity contribution is 5.98. The summed E-state index contributed by atoms with van der Waals surface area (Å²) in [5, 5.41) is 11.8. The Kier molecular flexibility index (Phi) is 4.59. The molecule has 0 aliphatic carbocycles. The second-order valence-electron chi connectivity index (χ2n) is 4.61. The lowest BCUT2D eigenvalue weighted by atomic mass is 10.1. The van der Waals surface area contributed by atoms with Crippen molar-refractivity contribution in [3.8, 4) is 5.75 Å². The van der Waals surface area contributed by atoms with E-state index >= 15 is 0 Å². The fourth-order valence-electron chi connectivity index (χ4n) is 2.15. The molecule has 4 nitrogen and oxygen atoms in total. The monoisotopic (exact) mass is 248 g/mol. The van der Waals surface area contributed by atoms with Crippen molar-refractivity contribution in [2.45, 2.75) is 19.8 Å². The average molecular weight is 248 g/mol. The van der Waals surface area contributed by atoms with Gasteiger partial charge in [-0.3, -0.25) is 4.90 Å². The number of nitrogens with zero attached hydrogens (tertiary/aromatic N) is 2. The number of oxime groups is 1. The Labute approximate surface area is 108 Å². The van der Waals surface area contributed by atoms with Gasteiger partial charge in [-0.25, -0.2) is 0 Å². The zero-order chi connectivity index (χ0) is 12.8. The molecule has 1 saturated heterocycles. The van der Waals surface area contributed by atoms with Crippen LogP contribution in [0, 0.1) is 0 Å². The van der Waals surface area contributed by atoms with Crippen molar-refractivity contribution in [1.82, 2.24) is 4.90 Å². The molecule has 1 aromatic carbocycles. The van der Waals surface area contributed by atoms with Crippen LogP contribution in [-0.4, -0.2) is 42.1 Å². The molecule has 1 aliphatic heterocycles. The molecule has 0 radical (unpaired) electrons. The van der Waals surface area contributed by atoms with Crippen LogP contribution in [0.3, 0.4) is 0 Å². The molecule has 0 bridgehead atoms. The predicted octanol–water partition coefficient (Wildman–Crippen LogP) is 2.36. The third kappa shape index (κ3) is 3.47. The average Bonchev–Trinajstić information content (AvgIpc) is 2.92. The number of hydrogen-bond donors (Lipinski definition) is 1. The molecule has 2 rings (SSSR count). The summed E-state index contributed by atoms with van der Waals surface area (Å²) in [7, 11) is 0. The van der Waals surface area contributed by atoms with Gasteiger partial charge in [0, 0.05) is 6.54 Å². The SMILES string of the molecule is C/C(=N/O)c1ccc(OCCN2CCCC2)cc1. The molecule has 1 fully saturated rings. The molecule has 98 valence electrons. The van der Waals surface area contributed by atoms with Crippen molar-refractivity contribution < 1.29 is 9.94 Å². The summed E-state index contributed by atoms with van der Waals surface area (Å²) in [6.45, 7) is 5.90. The number of hydrogen-bond acceptors (Lipinski definition) is 4. The van der Waals surface area contributed by atoms with E-state index < -0.39 is 0 Å². The highest BCUT2D eigenvalue weighted by Crippen LogP contribution is 2.13. The van der Waals surface area contributed by atoms with E-state index in [2.05, 4.69) is 10.1 Å². The first-order chi connectivity index (χ1) is 8.79. The number of rotatable bonds is 5. The molecular weight excluding hydrogens is 228 g/mol. The first-order valence-corrected chi connectivity index (χ1v) is 6.44. The lowest BCUT2D eigenvalue weighted by molar-refractivity contribution is 0.238. The first-order valence-electron chi connectivity index (χ1n) is 6.44. The summed E-state index contributed by atoms with van der Waals surface area (Å²) in [6, 6.07) is 7.63. The van der Waals surface area contributed by atoms with Gasteiger partial charge in [0.05, 0.1) is 5.71 Å². The number of likely N-dealkylation sites (tertiary alicyclic amines) is 1. The maximum absolute atomic E-state index is 8.67. The molecule has 1 aliphatic rings. The molecule has 1 N–H and O–H groups in total. The largest absolute Gasteiger partial charge is 0.492 e. The van der Waals surface area contributed by atoms with Crippen molar-refractivity contribution in [2.24, 2.45) is 5.16 Å². The van der Waals surface area contributed by atoms with Gasteiger partial charge in [0.25, 0.3) is 0 Å². The number of ether oxygens (including phenoxy) is 1. The van der Waals surface area contributed by atoms with Gasteiger partial charge in [-0.15, -0.1) is 0 Å². The third-order valence-electron chi connectivity index (χ3n) is 3.30. The fourth-order valence-corrected chi connectivity index (χ4v) is 2.15. The van der Waals surface area contributed by atoms with Gasteiger partial charge in [0.2, 0.25) is 0 Å². The van der Waals surface area contributed by atoms with E-state index in [-0.39, 0.29) is 0 Å². The Balaban J connectivity index is 1.79. The standard InChI is InChI=1S/C14H20N2O2/c1-12(15-17)13-4-6-14(7-5-13)18-11-10-16-8-2-3-9-16/h4-7,17H,2-3,8-11H2,1H3/b15-12-. The minimum Gasteiger partial charge on any atom is -0.492 e. The Morgan fingerprint density at radius 1 is 1.28 bits per heavy atom. The van der Waals surface area contributed by atoms with Crippen LogP contribution in [-0.2, 0) is 0 Å². The Morgan fingerprint density at radius 3 is 2.56 bits per heavy atom. The summed E-state index contributed by atoms with van der Waals surface area (Å²) >= 11 is 0. The molecule has 0 aromatic heterocycles.